The Morgan fingerprint density at radius 1 is 1.44 bits per heavy atom. The molecule has 1 heterocycles. The van der Waals surface area contributed by atoms with Crippen molar-refractivity contribution in [1.29, 1.82) is 0 Å². The summed E-state index contributed by atoms with van der Waals surface area (Å²) in [6.45, 7) is 4.90. The minimum Gasteiger partial charge on any atom is -0.368 e. The quantitative estimate of drug-likeness (QED) is 0.727. The summed E-state index contributed by atoms with van der Waals surface area (Å²) in [5, 5.41) is 3.25. The number of nitrogens with two attached hydrogens (primary N) is 1. The van der Waals surface area contributed by atoms with Gasteiger partial charge in [0.05, 0.1) is 0 Å². The zero-order valence-corrected chi connectivity index (χ0v) is 10.1. The van der Waals surface area contributed by atoms with Gasteiger partial charge < -0.3 is 11.1 Å². The fourth-order valence-corrected chi connectivity index (χ4v) is 3.18. The summed E-state index contributed by atoms with van der Waals surface area (Å²) in [6.07, 6.45) is 5.33. The molecule has 0 aromatic heterocycles. The molecule has 2 aliphatic rings. The second-order valence-corrected chi connectivity index (χ2v) is 5.15. The van der Waals surface area contributed by atoms with Crippen molar-refractivity contribution < 1.29 is 4.79 Å². The summed E-state index contributed by atoms with van der Waals surface area (Å²) in [5.41, 5.74) is 5.47. The maximum Gasteiger partial charge on any atom is 0.236 e. The van der Waals surface area contributed by atoms with Gasteiger partial charge in [-0.25, -0.2) is 0 Å². The van der Waals surface area contributed by atoms with Crippen LogP contribution in [0.3, 0.4) is 0 Å². The minimum atomic E-state index is -0.183. The lowest BCUT2D eigenvalue weighted by molar-refractivity contribution is -0.125. The SMILES string of the molecule is CC(C1CCCC1)N1CCNCC1C(N)=O. The first-order valence-corrected chi connectivity index (χ1v) is 6.46. The molecule has 1 aliphatic carbocycles. The number of amides is 1. The Morgan fingerprint density at radius 3 is 2.75 bits per heavy atom. The van der Waals surface area contributed by atoms with Crippen LogP contribution in [0.15, 0.2) is 0 Å². The van der Waals surface area contributed by atoms with E-state index in [4.69, 9.17) is 5.73 Å². The van der Waals surface area contributed by atoms with Crippen molar-refractivity contribution in [1.82, 2.24) is 10.2 Å². The van der Waals surface area contributed by atoms with Gasteiger partial charge in [0.2, 0.25) is 5.91 Å². The zero-order chi connectivity index (χ0) is 11.5. The molecular formula is C12H23N3O. The van der Waals surface area contributed by atoms with Gasteiger partial charge in [-0.1, -0.05) is 12.8 Å². The Kier molecular flexibility index (Phi) is 3.82. The third-order valence-corrected chi connectivity index (χ3v) is 4.22. The highest BCUT2D eigenvalue weighted by Gasteiger charge is 2.34. The average molecular weight is 225 g/mol. The summed E-state index contributed by atoms with van der Waals surface area (Å²) >= 11 is 0. The maximum absolute atomic E-state index is 11.4. The minimum absolute atomic E-state index is 0.107. The van der Waals surface area contributed by atoms with Crippen molar-refractivity contribution in [3.05, 3.63) is 0 Å². The molecule has 0 bridgehead atoms. The van der Waals surface area contributed by atoms with Gasteiger partial charge in [-0.3, -0.25) is 9.69 Å². The largest absolute Gasteiger partial charge is 0.368 e. The Hall–Kier alpha value is -0.610. The second-order valence-electron chi connectivity index (χ2n) is 5.15. The van der Waals surface area contributed by atoms with Crippen molar-refractivity contribution in [3.63, 3.8) is 0 Å². The smallest absolute Gasteiger partial charge is 0.236 e. The first-order valence-electron chi connectivity index (χ1n) is 6.46. The fourth-order valence-electron chi connectivity index (χ4n) is 3.18. The molecule has 4 nitrogen and oxygen atoms in total. The second kappa shape index (κ2) is 5.15. The highest BCUT2D eigenvalue weighted by molar-refractivity contribution is 5.80. The lowest BCUT2D eigenvalue weighted by Crippen LogP contribution is -2.60. The van der Waals surface area contributed by atoms with Gasteiger partial charge in [0.1, 0.15) is 6.04 Å². The van der Waals surface area contributed by atoms with Gasteiger partial charge in [-0.2, -0.15) is 0 Å². The molecule has 1 saturated heterocycles. The summed E-state index contributed by atoms with van der Waals surface area (Å²) in [4.78, 5) is 13.7. The van der Waals surface area contributed by atoms with Gasteiger partial charge in [0.25, 0.3) is 0 Å². The van der Waals surface area contributed by atoms with E-state index in [0.29, 0.717) is 12.6 Å². The van der Waals surface area contributed by atoms with E-state index in [1.807, 2.05) is 0 Å². The number of hydrogen-bond acceptors (Lipinski definition) is 3. The van der Waals surface area contributed by atoms with Gasteiger partial charge >= 0.3 is 0 Å². The predicted molar refractivity (Wildman–Crippen MR) is 64.0 cm³/mol. The van der Waals surface area contributed by atoms with Crippen LogP contribution in [0, 0.1) is 5.92 Å². The number of rotatable bonds is 3. The number of carbonyl (C=O) groups excluding carboxylic acids is 1. The number of hydrogen-bond donors (Lipinski definition) is 2. The van der Waals surface area contributed by atoms with Crippen molar-refractivity contribution in [2.24, 2.45) is 11.7 Å². The Morgan fingerprint density at radius 2 is 2.12 bits per heavy atom. The number of nitrogens with one attached hydrogen (secondary N) is 1. The lowest BCUT2D eigenvalue weighted by atomic mass is 9.96. The molecule has 16 heavy (non-hydrogen) atoms. The molecule has 3 N–H and O–H groups in total. The monoisotopic (exact) mass is 225 g/mol. The normalized spacial score (nSPS) is 30.4. The number of piperazine rings is 1. The highest BCUT2D eigenvalue weighted by Crippen LogP contribution is 2.31. The van der Waals surface area contributed by atoms with E-state index >= 15 is 0 Å². The van der Waals surface area contributed by atoms with E-state index in [2.05, 4.69) is 17.1 Å². The van der Waals surface area contributed by atoms with Gasteiger partial charge in [0, 0.05) is 25.7 Å². The van der Waals surface area contributed by atoms with Crippen molar-refractivity contribution >= 4 is 5.91 Å². The molecule has 0 aromatic rings. The predicted octanol–water partition coefficient (Wildman–Crippen LogP) is 0.324. The average Bonchev–Trinajstić information content (AvgIpc) is 2.81. The molecule has 2 fully saturated rings. The van der Waals surface area contributed by atoms with Crippen molar-refractivity contribution in [2.75, 3.05) is 19.6 Å². The third-order valence-electron chi connectivity index (χ3n) is 4.22. The molecule has 1 amide bonds. The van der Waals surface area contributed by atoms with Crippen LogP contribution in [0.25, 0.3) is 0 Å². The van der Waals surface area contributed by atoms with Crippen LogP contribution in [-0.4, -0.2) is 42.5 Å². The zero-order valence-electron chi connectivity index (χ0n) is 10.1. The molecule has 1 saturated carbocycles. The topological polar surface area (TPSA) is 58.4 Å². The molecular weight excluding hydrogens is 202 g/mol. The van der Waals surface area contributed by atoms with Gasteiger partial charge in [-0.15, -0.1) is 0 Å². The fraction of sp³-hybridized carbons (Fsp3) is 0.917. The lowest BCUT2D eigenvalue weighted by Gasteiger charge is -2.40. The van der Waals surface area contributed by atoms with Crippen molar-refractivity contribution in [2.45, 2.75) is 44.7 Å². The Balaban J connectivity index is 2.01. The van der Waals surface area contributed by atoms with E-state index in [9.17, 15) is 4.79 Å². The Bertz CT molecular complexity index is 251. The summed E-state index contributed by atoms with van der Waals surface area (Å²) in [5.74, 6) is 0.581. The van der Waals surface area contributed by atoms with Crippen LogP contribution in [0.5, 0.6) is 0 Å². The number of nitrogens with zero attached hydrogens (tertiary/aromatic N) is 1. The number of primary amides is 1. The van der Waals surface area contributed by atoms with Crippen LogP contribution >= 0.6 is 0 Å². The summed E-state index contributed by atoms with van der Waals surface area (Å²) < 4.78 is 0. The van der Waals surface area contributed by atoms with E-state index in [-0.39, 0.29) is 11.9 Å². The highest BCUT2D eigenvalue weighted by atomic mass is 16.1. The van der Waals surface area contributed by atoms with Crippen LogP contribution in [0.1, 0.15) is 32.6 Å². The maximum atomic E-state index is 11.4. The van der Waals surface area contributed by atoms with Crippen LogP contribution in [0.2, 0.25) is 0 Å². The summed E-state index contributed by atoms with van der Waals surface area (Å²) in [7, 11) is 0. The van der Waals surface area contributed by atoms with E-state index in [1.165, 1.54) is 25.7 Å². The van der Waals surface area contributed by atoms with Crippen LogP contribution in [0.4, 0.5) is 0 Å². The van der Waals surface area contributed by atoms with E-state index < -0.39 is 0 Å². The standard InChI is InChI=1S/C12H23N3O/c1-9(10-4-2-3-5-10)15-7-6-14-8-11(15)12(13)16/h9-11,14H,2-8H2,1H3,(H2,13,16). The Labute approximate surface area is 97.6 Å². The third kappa shape index (κ3) is 2.38. The summed E-state index contributed by atoms with van der Waals surface area (Å²) in [6, 6.07) is 0.395. The molecule has 0 spiro atoms. The molecule has 0 radical (unpaired) electrons. The van der Waals surface area contributed by atoms with E-state index in [1.54, 1.807) is 0 Å². The molecule has 0 aromatic carbocycles. The molecule has 92 valence electrons. The molecule has 4 heteroatoms. The molecule has 2 rings (SSSR count). The van der Waals surface area contributed by atoms with Crippen molar-refractivity contribution in [3.8, 4) is 0 Å². The van der Waals surface area contributed by atoms with Crippen LogP contribution in [-0.2, 0) is 4.79 Å². The molecule has 2 atom stereocenters. The number of carbonyl (C=O) groups is 1. The van der Waals surface area contributed by atoms with Gasteiger partial charge in [0.15, 0.2) is 0 Å². The van der Waals surface area contributed by atoms with E-state index in [0.717, 1.165) is 19.0 Å². The molecule has 1 aliphatic heterocycles. The first kappa shape index (κ1) is 11.9. The first-order chi connectivity index (χ1) is 7.70. The van der Waals surface area contributed by atoms with Gasteiger partial charge in [-0.05, 0) is 25.7 Å². The molecule has 2 unspecified atom stereocenters. The van der Waals surface area contributed by atoms with Crippen LogP contribution < -0.4 is 11.1 Å².